The van der Waals surface area contributed by atoms with Crippen LogP contribution in [0.2, 0.25) is 0 Å². The average molecular weight is 386 g/mol. The summed E-state index contributed by atoms with van der Waals surface area (Å²) in [6, 6.07) is 14.8. The molecule has 0 saturated heterocycles. The fourth-order valence-corrected chi connectivity index (χ4v) is 3.91. The van der Waals surface area contributed by atoms with Gasteiger partial charge in [-0.1, -0.05) is 35.9 Å². The summed E-state index contributed by atoms with van der Waals surface area (Å²) in [6.07, 6.45) is 4.19. The van der Waals surface area contributed by atoms with Crippen LogP contribution in [-0.2, 0) is 13.0 Å². The molecule has 5 rings (SSSR count). The van der Waals surface area contributed by atoms with E-state index in [-0.39, 0.29) is 5.69 Å². The lowest BCUT2D eigenvalue weighted by Crippen LogP contribution is -2.29. The van der Waals surface area contributed by atoms with Gasteiger partial charge in [-0.3, -0.25) is 9.78 Å². The Morgan fingerprint density at radius 1 is 1.07 bits per heavy atom. The highest BCUT2D eigenvalue weighted by Crippen LogP contribution is 2.41. The van der Waals surface area contributed by atoms with Crippen molar-refractivity contribution in [3.8, 4) is 11.5 Å². The normalized spacial score (nSPS) is 14.0. The van der Waals surface area contributed by atoms with Gasteiger partial charge in [0.05, 0.1) is 11.0 Å². The third-order valence-electron chi connectivity index (χ3n) is 5.65. The lowest BCUT2D eigenvalue weighted by Gasteiger charge is -2.17. The van der Waals surface area contributed by atoms with Crippen molar-refractivity contribution in [2.45, 2.75) is 45.1 Å². The number of hydrogen-bond donors (Lipinski definition) is 1. The second-order valence-electron chi connectivity index (χ2n) is 7.92. The van der Waals surface area contributed by atoms with Crippen LogP contribution in [0, 0.1) is 6.92 Å². The molecule has 2 heterocycles. The molecule has 2 aliphatic heterocycles. The van der Waals surface area contributed by atoms with Gasteiger partial charge in [-0.15, -0.1) is 0 Å². The van der Waals surface area contributed by atoms with Gasteiger partial charge in [-0.2, -0.15) is 4.98 Å². The number of rotatable bonds is 5. The van der Waals surface area contributed by atoms with E-state index < -0.39 is 11.2 Å². The molecule has 1 aliphatic carbocycles. The van der Waals surface area contributed by atoms with Crippen LogP contribution in [0.5, 0.6) is 0 Å². The number of H-pyrrole nitrogens is 1. The first-order valence-electron chi connectivity index (χ1n) is 10.1. The Kier molecular flexibility index (Phi) is 4.27. The summed E-state index contributed by atoms with van der Waals surface area (Å²) in [4.78, 5) is 35.1. The van der Waals surface area contributed by atoms with Crippen LogP contribution in [0.1, 0.15) is 41.9 Å². The minimum Gasteiger partial charge on any atom is -0.322 e. The Labute approximate surface area is 167 Å². The molecule has 3 aliphatic rings. The molecule has 1 fully saturated rings. The molecule has 2 aromatic carbocycles. The summed E-state index contributed by atoms with van der Waals surface area (Å²) in [7, 11) is 0. The van der Waals surface area contributed by atoms with Crippen LogP contribution < -0.4 is 11.2 Å². The second kappa shape index (κ2) is 6.95. The molecule has 1 saturated carbocycles. The molecule has 0 unspecified atom stereocenters. The maximum absolute atomic E-state index is 12.4. The monoisotopic (exact) mass is 386 g/mol. The minimum absolute atomic E-state index is 0.223. The molecule has 2 aromatic rings. The summed E-state index contributed by atoms with van der Waals surface area (Å²) in [5.41, 5.74) is 4.57. The van der Waals surface area contributed by atoms with Crippen LogP contribution in [0.4, 0.5) is 0 Å². The van der Waals surface area contributed by atoms with Crippen molar-refractivity contribution in [2.24, 2.45) is 0 Å². The number of benzene rings is 2. The number of aromatic amines is 1. The number of aromatic nitrogens is 4. The van der Waals surface area contributed by atoms with E-state index in [9.17, 15) is 9.59 Å². The van der Waals surface area contributed by atoms with Crippen molar-refractivity contribution in [1.29, 1.82) is 0 Å². The van der Waals surface area contributed by atoms with Gasteiger partial charge in [0.25, 0.3) is 5.56 Å². The molecule has 0 bridgehead atoms. The predicted octanol–water partition coefficient (Wildman–Crippen LogP) is 3.40. The summed E-state index contributed by atoms with van der Waals surface area (Å²) < 4.78 is 1.97. The van der Waals surface area contributed by atoms with Gasteiger partial charge in [-0.25, -0.2) is 9.78 Å². The van der Waals surface area contributed by atoms with Gasteiger partial charge >= 0.3 is 5.69 Å². The molecule has 0 spiro atoms. The fourth-order valence-electron chi connectivity index (χ4n) is 3.91. The van der Waals surface area contributed by atoms with E-state index in [0.717, 1.165) is 23.9 Å². The molecule has 29 heavy (non-hydrogen) atoms. The summed E-state index contributed by atoms with van der Waals surface area (Å²) in [5, 5.41) is 0. The first kappa shape index (κ1) is 17.8. The van der Waals surface area contributed by atoms with E-state index in [1.807, 2.05) is 4.57 Å². The van der Waals surface area contributed by atoms with E-state index in [0.29, 0.717) is 18.3 Å². The fraction of sp³-hybridized carbons (Fsp3) is 0.304. The van der Waals surface area contributed by atoms with E-state index in [1.54, 1.807) is 0 Å². The Balaban J connectivity index is 1.57. The van der Waals surface area contributed by atoms with E-state index in [2.05, 4.69) is 64.3 Å². The molecular weight excluding hydrogens is 364 g/mol. The first-order valence-corrected chi connectivity index (χ1v) is 10.1. The van der Waals surface area contributed by atoms with Gasteiger partial charge in [0.15, 0.2) is 11.5 Å². The topological polar surface area (TPSA) is 80.6 Å². The smallest absolute Gasteiger partial charge is 0.322 e. The van der Waals surface area contributed by atoms with Crippen molar-refractivity contribution < 1.29 is 0 Å². The summed E-state index contributed by atoms with van der Waals surface area (Å²) in [6.45, 7) is 2.73. The van der Waals surface area contributed by atoms with Gasteiger partial charge in [0.2, 0.25) is 0 Å². The number of fused-ring (bicyclic) bond motifs is 2. The number of nitrogens with one attached hydrogen (secondary N) is 1. The Morgan fingerprint density at radius 2 is 1.86 bits per heavy atom. The summed E-state index contributed by atoms with van der Waals surface area (Å²) >= 11 is 0. The highest BCUT2D eigenvalue weighted by Gasteiger charge is 2.25. The molecule has 6 nitrogen and oxygen atoms in total. The van der Waals surface area contributed by atoms with Gasteiger partial charge in [0.1, 0.15) is 0 Å². The lowest BCUT2D eigenvalue weighted by atomic mass is 10.1. The predicted molar refractivity (Wildman–Crippen MR) is 113 cm³/mol. The zero-order chi connectivity index (χ0) is 20.0. The average Bonchev–Trinajstić information content (AvgIpc) is 3.54. The van der Waals surface area contributed by atoms with Gasteiger partial charge in [-0.05, 0) is 61.8 Å². The first-order chi connectivity index (χ1) is 14.1. The Bertz CT molecular complexity index is 1280. The third-order valence-corrected chi connectivity index (χ3v) is 5.65. The molecule has 6 heteroatoms. The zero-order valence-corrected chi connectivity index (χ0v) is 16.3. The van der Waals surface area contributed by atoms with Crippen molar-refractivity contribution in [2.75, 3.05) is 0 Å². The Morgan fingerprint density at radius 3 is 2.62 bits per heavy atom. The molecule has 0 amide bonds. The largest absolute Gasteiger partial charge is 0.349 e. The number of hydrogen-bond acceptors (Lipinski definition) is 4. The highest BCUT2D eigenvalue weighted by molar-refractivity contribution is 5.80. The van der Waals surface area contributed by atoms with Gasteiger partial charge in [0, 0.05) is 6.54 Å². The van der Waals surface area contributed by atoms with Crippen LogP contribution in [-0.4, -0.2) is 19.5 Å². The lowest BCUT2D eigenvalue weighted by molar-refractivity contribution is 0.648. The van der Waals surface area contributed by atoms with E-state index in [1.165, 1.54) is 29.5 Å². The van der Waals surface area contributed by atoms with Crippen molar-refractivity contribution in [3.05, 3.63) is 80.0 Å². The van der Waals surface area contributed by atoms with Crippen LogP contribution >= 0.6 is 0 Å². The van der Waals surface area contributed by atoms with Crippen molar-refractivity contribution in [1.82, 2.24) is 19.5 Å². The van der Waals surface area contributed by atoms with Crippen LogP contribution in [0.25, 0.3) is 22.6 Å². The maximum atomic E-state index is 12.4. The number of nitrogens with zero attached hydrogens (tertiary/aromatic N) is 3. The molecular formula is C23H22N4O2. The SMILES string of the molecule is Cc1ccc(CCCn2c3nc(=O)[nH]c(=O)c-3nc3cc(C4CC4)ccc32)cc1. The highest BCUT2D eigenvalue weighted by atomic mass is 16.2. The van der Waals surface area contributed by atoms with E-state index >= 15 is 0 Å². The minimum atomic E-state index is -0.634. The molecule has 0 atom stereocenters. The van der Waals surface area contributed by atoms with Crippen LogP contribution in [0.15, 0.2) is 52.1 Å². The molecule has 0 radical (unpaired) electrons. The third kappa shape index (κ3) is 3.46. The molecule has 0 aromatic heterocycles. The maximum Gasteiger partial charge on any atom is 0.349 e. The van der Waals surface area contributed by atoms with Gasteiger partial charge < -0.3 is 4.57 Å². The zero-order valence-electron chi connectivity index (χ0n) is 16.3. The quantitative estimate of drug-likeness (QED) is 0.533. The van der Waals surface area contributed by atoms with Crippen LogP contribution in [0.3, 0.4) is 0 Å². The summed E-state index contributed by atoms with van der Waals surface area (Å²) in [5.74, 6) is 0.960. The molecule has 1 N–H and O–H groups in total. The Hall–Kier alpha value is -3.28. The van der Waals surface area contributed by atoms with Crippen molar-refractivity contribution in [3.63, 3.8) is 0 Å². The molecule has 146 valence electrons. The van der Waals surface area contributed by atoms with Crippen molar-refractivity contribution >= 4 is 11.0 Å². The standard InChI is InChI=1S/C23H22N4O2/c1-14-4-6-15(7-5-14)3-2-12-27-19-11-10-17(16-8-9-16)13-18(19)24-20-21(27)25-23(29)26-22(20)28/h4-7,10-11,13,16H,2-3,8-9,12H2,1H3,(H,26,28,29). The van der Waals surface area contributed by atoms with E-state index in [4.69, 9.17) is 0 Å². The second-order valence-corrected chi connectivity index (χ2v) is 7.92. The number of aryl methyl sites for hydroxylation is 3.